The summed E-state index contributed by atoms with van der Waals surface area (Å²) in [6.45, 7) is 0. The first kappa shape index (κ1) is 11.7. The summed E-state index contributed by atoms with van der Waals surface area (Å²) >= 11 is 5.85. The van der Waals surface area contributed by atoms with Crippen molar-refractivity contribution in [2.45, 2.75) is 0 Å². The molecule has 1 heterocycles. The quantitative estimate of drug-likeness (QED) is 0.850. The minimum atomic E-state index is 0. The molecular formula is C8H9Cl2N5. The standard InChI is InChI=1S/C8H8ClN5.ClH/c1-10-7-4-5(9)2-3-6(7)8-11-13-14-12-8;/h2-4,10H,1H3,(H,11,12,13,14);1H. The summed E-state index contributed by atoms with van der Waals surface area (Å²) in [7, 11) is 1.81. The lowest BCUT2D eigenvalue weighted by Gasteiger charge is -2.05. The van der Waals surface area contributed by atoms with Crippen LogP contribution in [-0.4, -0.2) is 27.7 Å². The predicted octanol–water partition coefficient (Wildman–Crippen LogP) is 1.98. The minimum Gasteiger partial charge on any atom is -0.387 e. The van der Waals surface area contributed by atoms with Gasteiger partial charge in [-0.3, -0.25) is 0 Å². The second-order valence-corrected chi connectivity index (χ2v) is 3.11. The maximum Gasteiger partial charge on any atom is 0.206 e. The Morgan fingerprint density at radius 3 is 2.80 bits per heavy atom. The second kappa shape index (κ2) is 4.95. The zero-order valence-electron chi connectivity index (χ0n) is 7.86. The minimum absolute atomic E-state index is 0. The normalized spacial score (nSPS) is 9.47. The van der Waals surface area contributed by atoms with E-state index >= 15 is 0 Å². The average molecular weight is 246 g/mol. The van der Waals surface area contributed by atoms with Crippen molar-refractivity contribution in [3.63, 3.8) is 0 Å². The van der Waals surface area contributed by atoms with Crippen LogP contribution in [0.3, 0.4) is 0 Å². The zero-order valence-corrected chi connectivity index (χ0v) is 9.43. The van der Waals surface area contributed by atoms with Crippen molar-refractivity contribution in [2.75, 3.05) is 12.4 Å². The summed E-state index contributed by atoms with van der Waals surface area (Å²) in [6.07, 6.45) is 0. The van der Waals surface area contributed by atoms with Gasteiger partial charge < -0.3 is 5.32 Å². The van der Waals surface area contributed by atoms with Crippen LogP contribution in [-0.2, 0) is 0 Å². The number of nitrogens with zero attached hydrogens (tertiary/aromatic N) is 3. The van der Waals surface area contributed by atoms with Crippen LogP contribution in [0.2, 0.25) is 5.02 Å². The Morgan fingerprint density at radius 2 is 2.20 bits per heavy atom. The van der Waals surface area contributed by atoms with E-state index in [-0.39, 0.29) is 12.4 Å². The van der Waals surface area contributed by atoms with Gasteiger partial charge >= 0.3 is 0 Å². The molecule has 0 fully saturated rings. The topological polar surface area (TPSA) is 66.5 Å². The van der Waals surface area contributed by atoms with E-state index in [0.29, 0.717) is 10.8 Å². The predicted molar refractivity (Wildman–Crippen MR) is 61.4 cm³/mol. The van der Waals surface area contributed by atoms with Gasteiger partial charge in [0.15, 0.2) is 0 Å². The maximum absolute atomic E-state index is 5.85. The first-order chi connectivity index (χ1) is 6.81. The number of nitrogens with one attached hydrogen (secondary N) is 2. The summed E-state index contributed by atoms with van der Waals surface area (Å²) < 4.78 is 0. The number of benzene rings is 1. The third-order valence-electron chi connectivity index (χ3n) is 1.84. The molecule has 0 saturated carbocycles. The molecule has 2 rings (SSSR count). The van der Waals surface area contributed by atoms with Crippen LogP contribution in [0.4, 0.5) is 5.69 Å². The van der Waals surface area contributed by atoms with Crippen molar-refractivity contribution in [2.24, 2.45) is 0 Å². The Bertz CT molecular complexity index is 429. The maximum atomic E-state index is 5.85. The van der Waals surface area contributed by atoms with Gasteiger partial charge in [-0.2, -0.15) is 5.21 Å². The molecule has 0 atom stereocenters. The molecule has 0 aliphatic carbocycles. The number of H-pyrrole nitrogens is 1. The zero-order chi connectivity index (χ0) is 9.97. The van der Waals surface area contributed by atoms with Crippen LogP contribution >= 0.6 is 24.0 Å². The second-order valence-electron chi connectivity index (χ2n) is 2.68. The monoisotopic (exact) mass is 245 g/mol. The molecule has 1 aromatic carbocycles. The molecule has 0 amide bonds. The Balaban J connectivity index is 0.00000112. The van der Waals surface area contributed by atoms with E-state index in [0.717, 1.165) is 11.3 Å². The molecule has 0 bridgehead atoms. The van der Waals surface area contributed by atoms with Gasteiger partial charge in [0.1, 0.15) is 0 Å². The lowest BCUT2D eigenvalue weighted by molar-refractivity contribution is 0.881. The van der Waals surface area contributed by atoms with Crippen LogP contribution in [0.15, 0.2) is 18.2 Å². The molecule has 0 radical (unpaired) electrons. The number of halogens is 2. The summed E-state index contributed by atoms with van der Waals surface area (Å²) in [6, 6.07) is 5.44. The van der Waals surface area contributed by atoms with Crippen LogP contribution < -0.4 is 5.32 Å². The van der Waals surface area contributed by atoms with Crippen molar-refractivity contribution in [1.82, 2.24) is 20.6 Å². The molecule has 5 nitrogen and oxygen atoms in total. The van der Waals surface area contributed by atoms with Crippen LogP contribution in [0.25, 0.3) is 11.4 Å². The highest BCUT2D eigenvalue weighted by atomic mass is 35.5. The molecule has 0 aliphatic rings. The first-order valence-corrected chi connectivity index (χ1v) is 4.40. The Hall–Kier alpha value is -1.33. The number of aromatic nitrogens is 4. The third-order valence-corrected chi connectivity index (χ3v) is 2.07. The van der Waals surface area contributed by atoms with Gasteiger partial charge in [-0.25, -0.2) is 0 Å². The molecule has 2 N–H and O–H groups in total. The van der Waals surface area contributed by atoms with E-state index < -0.39 is 0 Å². The summed E-state index contributed by atoms with van der Waals surface area (Å²) in [5.74, 6) is 0.547. The van der Waals surface area contributed by atoms with Crippen molar-refractivity contribution in [1.29, 1.82) is 0 Å². The van der Waals surface area contributed by atoms with Gasteiger partial charge in [0.05, 0.1) is 0 Å². The SMILES string of the molecule is CNc1cc(Cl)ccc1-c1nn[nH]n1.Cl. The number of hydrogen-bond donors (Lipinski definition) is 2. The van der Waals surface area contributed by atoms with E-state index in [2.05, 4.69) is 25.9 Å². The van der Waals surface area contributed by atoms with E-state index in [9.17, 15) is 0 Å². The molecule has 0 unspecified atom stereocenters. The van der Waals surface area contributed by atoms with Gasteiger partial charge in [-0.05, 0) is 23.4 Å². The third kappa shape index (κ3) is 2.37. The fraction of sp³-hybridized carbons (Fsp3) is 0.125. The highest BCUT2D eigenvalue weighted by molar-refractivity contribution is 6.31. The fourth-order valence-corrected chi connectivity index (χ4v) is 1.37. The van der Waals surface area contributed by atoms with E-state index in [1.54, 1.807) is 6.07 Å². The van der Waals surface area contributed by atoms with Crippen LogP contribution in [0.1, 0.15) is 0 Å². The highest BCUT2D eigenvalue weighted by Gasteiger charge is 2.08. The number of rotatable bonds is 2. The molecule has 7 heteroatoms. The van der Waals surface area contributed by atoms with Crippen molar-refractivity contribution in [3.05, 3.63) is 23.2 Å². The van der Waals surface area contributed by atoms with Gasteiger partial charge in [-0.1, -0.05) is 11.6 Å². The number of aromatic amines is 1. The van der Waals surface area contributed by atoms with Crippen molar-refractivity contribution >= 4 is 29.7 Å². The van der Waals surface area contributed by atoms with Gasteiger partial charge in [0.2, 0.25) is 5.82 Å². The van der Waals surface area contributed by atoms with Gasteiger partial charge in [0, 0.05) is 23.3 Å². The van der Waals surface area contributed by atoms with Crippen molar-refractivity contribution < 1.29 is 0 Å². The summed E-state index contributed by atoms with van der Waals surface area (Å²) in [4.78, 5) is 0. The van der Waals surface area contributed by atoms with Gasteiger partial charge in [-0.15, -0.1) is 22.6 Å². The van der Waals surface area contributed by atoms with Crippen molar-refractivity contribution in [3.8, 4) is 11.4 Å². The summed E-state index contributed by atoms with van der Waals surface area (Å²) in [5, 5.41) is 17.4. The first-order valence-electron chi connectivity index (χ1n) is 4.02. The number of tetrazole rings is 1. The molecule has 0 aliphatic heterocycles. The Morgan fingerprint density at radius 1 is 1.40 bits per heavy atom. The molecule has 80 valence electrons. The molecular weight excluding hydrogens is 237 g/mol. The molecule has 1 aromatic heterocycles. The smallest absolute Gasteiger partial charge is 0.206 e. The molecule has 0 saturated heterocycles. The largest absolute Gasteiger partial charge is 0.387 e. The molecule has 15 heavy (non-hydrogen) atoms. The van der Waals surface area contributed by atoms with E-state index in [4.69, 9.17) is 11.6 Å². The van der Waals surface area contributed by atoms with Gasteiger partial charge in [0.25, 0.3) is 0 Å². The number of hydrogen-bond acceptors (Lipinski definition) is 4. The fourth-order valence-electron chi connectivity index (χ4n) is 1.19. The number of anilines is 1. The highest BCUT2D eigenvalue weighted by Crippen LogP contribution is 2.27. The lowest BCUT2D eigenvalue weighted by Crippen LogP contribution is -1.93. The molecule has 2 aromatic rings. The Kier molecular flexibility index (Phi) is 3.88. The van der Waals surface area contributed by atoms with Crippen LogP contribution in [0, 0.1) is 0 Å². The van der Waals surface area contributed by atoms with Crippen LogP contribution in [0.5, 0.6) is 0 Å². The average Bonchev–Trinajstić information content (AvgIpc) is 2.70. The molecule has 0 spiro atoms. The lowest BCUT2D eigenvalue weighted by atomic mass is 10.1. The van der Waals surface area contributed by atoms with E-state index in [1.165, 1.54) is 0 Å². The Labute approximate surface area is 97.6 Å². The van der Waals surface area contributed by atoms with E-state index in [1.807, 2.05) is 19.2 Å². The summed E-state index contributed by atoms with van der Waals surface area (Å²) in [5.41, 5.74) is 1.74.